The van der Waals surface area contributed by atoms with Crippen molar-refractivity contribution in [2.75, 3.05) is 32.7 Å². The van der Waals surface area contributed by atoms with Gasteiger partial charge in [0.2, 0.25) is 0 Å². The number of piperazine rings is 1. The lowest BCUT2D eigenvalue weighted by Crippen LogP contribution is -2.49. The predicted molar refractivity (Wildman–Crippen MR) is 119 cm³/mol. The van der Waals surface area contributed by atoms with Gasteiger partial charge in [-0.2, -0.15) is 0 Å². The summed E-state index contributed by atoms with van der Waals surface area (Å²) < 4.78 is 2.02. The summed E-state index contributed by atoms with van der Waals surface area (Å²) >= 11 is 0. The average Bonchev–Trinajstić information content (AvgIpc) is 3.12. The van der Waals surface area contributed by atoms with Gasteiger partial charge in [-0.3, -0.25) is 9.69 Å². The van der Waals surface area contributed by atoms with E-state index in [4.69, 9.17) is 0 Å². The molecule has 0 bridgehead atoms. The van der Waals surface area contributed by atoms with Gasteiger partial charge in [0.25, 0.3) is 0 Å². The largest absolute Gasteiger partial charge is 0.480 e. The zero-order valence-electron chi connectivity index (χ0n) is 17.6. The van der Waals surface area contributed by atoms with E-state index in [1.165, 1.54) is 0 Å². The molecule has 0 spiro atoms. The van der Waals surface area contributed by atoms with Crippen LogP contribution in [-0.2, 0) is 11.3 Å². The number of hydrogen-bond donors (Lipinski definition) is 2. The second-order valence-electron chi connectivity index (χ2n) is 7.95. The summed E-state index contributed by atoms with van der Waals surface area (Å²) in [4.78, 5) is 28.3. The molecule has 162 valence electrons. The van der Waals surface area contributed by atoms with E-state index in [0.717, 1.165) is 30.7 Å². The topological polar surface area (TPSA) is 86.0 Å². The van der Waals surface area contributed by atoms with Crippen molar-refractivity contribution in [2.24, 2.45) is 0 Å². The van der Waals surface area contributed by atoms with E-state index in [9.17, 15) is 19.8 Å². The summed E-state index contributed by atoms with van der Waals surface area (Å²) in [6.45, 7) is 6.61. The third kappa shape index (κ3) is 4.33. The Morgan fingerprint density at radius 2 is 1.71 bits per heavy atom. The van der Waals surface area contributed by atoms with Crippen molar-refractivity contribution in [1.29, 1.82) is 0 Å². The molecule has 2 heterocycles. The van der Waals surface area contributed by atoms with E-state index in [1.807, 2.05) is 46.0 Å². The van der Waals surface area contributed by atoms with Crippen LogP contribution in [0.15, 0.2) is 54.7 Å². The lowest BCUT2D eigenvalue weighted by Gasteiger charge is -2.37. The van der Waals surface area contributed by atoms with E-state index in [2.05, 4.69) is 11.8 Å². The van der Waals surface area contributed by atoms with E-state index >= 15 is 0 Å². The SMILES string of the molecule is CCN1CCN(C(C(=O)O)c2cn(Cc3ccccc3)c3ccc(C(=O)O)cc23)CC1. The van der Waals surface area contributed by atoms with Crippen LogP contribution < -0.4 is 0 Å². The van der Waals surface area contributed by atoms with Gasteiger partial charge >= 0.3 is 11.9 Å². The van der Waals surface area contributed by atoms with Crippen LogP contribution in [0.4, 0.5) is 0 Å². The van der Waals surface area contributed by atoms with Gasteiger partial charge < -0.3 is 19.7 Å². The number of carboxylic acid groups (broad SMARTS) is 2. The Morgan fingerprint density at radius 1 is 1.00 bits per heavy atom. The maximum Gasteiger partial charge on any atom is 0.335 e. The second kappa shape index (κ2) is 8.91. The van der Waals surface area contributed by atoms with Crippen molar-refractivity contribution in [3.8, 4) is 0 Å². The molecule has 1 fully saturated rings. The highest BCUT2D eigenvalue weighted by Gasteiger charge is 2.32. The zero-order chi connectivity index (χ0) is 22.0. The molecule has 0 saturated carbocycles. The molecule has 0 radical (unpaired) electrons. The molecular weight excluding hydrogens is 394 g/mol. The van der Waals surface area contributed by atoms with Gasteiger partial charge in [-0.05, 0) is 30.3 Å². The van der Waals surface area contributed by atoms with Gasteiger partial charge in [-0.1, -0.05) is 37.3 Å². The number of likely N-dealkylation sites (N-methyl/N-ethyl adjacent to an activating group) is 1. The molecule has 7 heteroatoms. The molecule has 0 amide bonds. The predicted octanol–water partition coefficient (Wildman–Crippen LogP) is 3.15. The minimum Gasteiger partial charge on any atom is -0.480 e. The number of carbonyl (C=O) groups is 2. The van der Waals surface area contributed by atoms with Crippen LogP contribution in [0, 0.1) is 0 Å². The first-order valence-corrected chi connectivity index (χ1v) is 10.6. The van der Waals surface area contributed by atoms with Crippen molar-refractivity contribution in [1.82, 2.24) is 14.4 Å². The lowest BCUT2D eigenvalue weighted by molar-refractivity contribution is -0.144. The van der Waals surface area contributed by atoms with E-state index in [-0.39, 0.29) is 5.56 Å². The molecule has 31 heavy (non-hydrogen) atoms. The third-order valence-corrected chi connectivity index (χ3v) is 6.10. The van der Waals surface area contributed by atoms with Gasteiger partial charge in [-0.25, -0.2) is 4.79 Å². The Balaban J connectivity index is 1.79. The van der Waals surface area contributed by atoms with Crippen LogP contribution in [0.2, 0.25) is 0 Å². The van der Waals surface area contributed by atoms with Crippen LogP contribution >= 0.6 is 0 Å². The number of rotatable bonds is 7. The summed E-state index contributed by atoms with van der Waals surface area (Å²) in [5.74, 6) is -1.93. The number of hydrogen-bond acceptors (Lipinski definition) is 4. The molecule has 1 aliphatic rings. The smallest absolute Gasteiger partial charge is 0.335 e. The molecule has 3 aromatic rings. The number of fused-ring (bicyclic) bond motifs is 1. The minimum absolute atomic E-state index is 0.158. The summed E-state index contributed by atoms with van der Waals surface area (Å²) in [5.41, 5.74) is 2.73. The number of aromatic carboxylic acids is 1. The summed E-state index contributed by atoms with van der Waals surface area (Å²) in [6, 6.07) is 14.1. The van der Waals surface area contributed by atoms with Crippen molar-refractivity contribution in [3.63, 3.8) is 0 Å². The molecule has 1 aromatic heterocycles. The van der Waals surface area contributed by atoms with Crippen molar-refractivity contribution in [2.45, 2.75) is 19.5 Å². The van der Waals surface area contributed by atoms with Crippen LogP contribution in [0.5, 0.6) is 0 Å². The number of aromatic nitrogens is 1. The van der Waals surface area contributed by atoms with Gasteiger partial charge in [0.15, 0.2) is 0 Å². The highest BCUT2D eigenvalue weighted by atomic mass is 16.4. The quantitative estimate of drug-likeness (QED) is 0.610. The average molecular weight is 421 g/mol. The summed E-state index contributed by atoms with van der Waals surface area (Å²) in [7, 11) is 0. The summed E-state index contributed by atoms with van der Waals surface area (Å²) in [5, 5.41) is 20.3. The molecule has 2 aromatic carbocycles. The Kier molecular flexibility index (Phi) is 6.06. The zero-order valence-corrected chi connectivity index (χ0v) is 17.6. The van der Waals surface area contributed by atoms with Crippen molar-refractivity contribution < 1.29 is 19.8 Å². The molecule has 1 aliphatic heterocycles. The Labute approximate surface area is 181 Å². The fraction of sp³-hybridized carbons (Fsp3) is 0.333. The Hall–Kier alpha value is -3.16. The first kappa shape index (κ1) is 21.1. The van der Waals surface area contributed by atoms with Gasteiger partial charge in [0.1, 0.15) is 6.04 Å². The number of aliphatic carboxylic acids is 1. The first-order chi connectivity index (χ1) is 15.0. The standard InChI is InChI=1S/C24H27N3O4/c1-2-25-10-12-26(13-11-25)22(24(30)31)20-16-27(15-17-6-4-3-5-7-17)21-9-8-18(23(28)29)14-19(20)21/h3-9,14,16,22H,2,10-13,15H2,1H3,(H,28,29)(H,30,31). The molecule has 0 aliphatic carbocycles. The normalized spacial score (nSPS) is 16.4. The summed E-state index contributed by atoms with van der Waals surface area (Å²) in [6.07, 6.45) is 1.88. The first-order valence-electron chi connectivity index (χ1n) is 10.6. The molecule has 2 N–H and O–H groups in total. The highest BCUT2D eigenvalue weighted by Crippen LogP contribution is 2.32. The Bertz CT molecular complexity index is 1080. The second-order valence-corrected chi connectivity index (χ2v) is 7.95. The fourth-order valence-corrected chi connectivity index (χ4v) is 4.41. The maximum atomic E-state index is 12.4. The fourth-order valence-electron chi connectivity index (χ4n) is 4.41. The Morgan fingerprint density at radius 3 is 2.32 bits per heavy atom. The van der Waals surface area contributed by atoms with Crippen LogP contribution in [-0.4, -0.2) is 69.2 Å². The van der Waals surface area contributed by atoms with Crippen LogP contribution in [0.3, 0.4) is 0 Å². The van der Waals surface area contributed by atoms with E-state index < -0.39 is 18.0 Å². The number of benzene rings is 2. The van der Waals surface area contributed by atoms with Crippen molar-refractivity contribution in [3.05, 3.63) is 71.4 Å². The van der Waals surface area contributed by atoms with E-state index in [1.54, 1.807) is 18.2 Å². The third-order valence-electron chi connectivity index (χ3n) is 6.10. The van der Waals surface area contributed by atoms with Gasteiger partial charge in [0, 0.05) is 55.4 Å². The molecule has 1 atom stereocenters. The molecule has 7 nitrogen and oxygen atoms in total. The molecular formula is C24H27N3O4. The highest BCUT2D eigenvalue weighted by molar-refractivity contribution is 5.96. The minimum atomic E-state index is -1.02. The number of nitrogens with zero attached hydrogens (tertiary/aromatic N) is 3. The van der Waals surface area contributed by atoms with Gasteiger partial charge in [-0.15, -0.1) is 0 Å². The van der Waals surface area contributed by atoms with Crippen LogP contribution in [0.25, 0.3) is 10.9 Å². The molecule has 1 saturated heterocycles. The number of carboxylic acids is 2. The molecule has 1 unspecified atom stereocenters. The maximum absolute atomic E-state index is 12.4. The van der Waals surface area contributed by atoms with Gasteiger partial charge in [0.05, 0.1) is 5.56 Å². The van der Waals surface area contributed by atoms with E-state index in [0.29, 0.717) is 30.6 Å². The molecule has 4 rings (SSSR count). The monoisotopic (exact) mass is 421 g/mol. The van der Waals surface area contributed by atoms with Crippen molar-refractivity contribution >= 4 is 22.8 Å². The van der Waals surface area contributed by atoms with Crippen LogP contribution in [0.1, 0.15) is 34.5 Å². The lowest BCUT2D eigenvalue weighted by atomic mass is 10.0.